The molecule has 1 amide bonds. The molecular formula is C14H22N2O2. The number of methoxy groups -OCH3 is 1. The van der Waals surface area contributed by atoms with E-state index in [1.54, 1.807) is 7.11 Å². The number of ether oxygens (including phenoxy) is 1. The number of anilines is 1. The number of hydrogen-bond acceptors (Lipinski definition) is 3. The minimum atomic E-state index is 0.112. The number of carbonyl (C=O) groups excluding carboxylic acids is 1. The van der Waals surface area contributed by atoms with E-state index in [2.05, 4.69) is 10.6 Å². The Hall–Kier alpha value is -1.55. The number of para-hydroxylation sites is 1. The number of nitrogens with one attached hydrogen (secondary N) is 2. The number of unbranched alkanes of at least 4 members (excludes halogenated alkanes) is 1. The summed E-state index contributed by atoms with van der Waals surface area (Å²) in [6, 6.07) is 9.96. The van der Waals surface area contributed by atoms with Crippen molar-refractivity contribution in [1.82, 2.24) is 5.32 Å². The molecule has 0 atom stereocenters. The van der Waals surface area contributed by atoms with Crippen molar-refractivity contribution in [3.05, 3.63) is 30.3 Å². The summed E-state index contributed by atoms with van der Waals surface area (Å²) in [5, 5.41) is 6.13. The highest BCUT2D eigenvalue weighted by molar-refractivity contribution is 5.75. The molecule has 0 aliphatic carbocycles. The van der Waals surface area contributed by atoms with Gasteiger partial charge in [0, 0.05) is 38.9 Å². The molecule has 0 bridgehead atoms. The lowest BCUT2D eigenvalue weighted by atomic mass is 10.2. The summed E-state index contributed by atoms with van der Waals surface area (Å²) in [6.07, 6.45) is 2.40. The maximum Gasteiger partial charge on any atom is 0.220 e. The van der Waals surface area contributed by atoms with Gasteiger partial charge >= 0.3 is 0 Å². The highest BCUT2D eigenvalue weighted by Gasteiger charge is 1.99. The van der Waals surface area contributed by atoms with Gasteiger partial charge in [-0.25, -0.2) is 0 Å². The molecule has 0 radical (unpaired) electrons. The largest absolute Gasteiger partial charge is 0.385 e. The van der Waals surface area contributed by atoms with Gasteiger partial charge in [-0.05, 0) is 25.0 Å². The van der Waals surface area contributed by atoms with Crippen molar-refractivity contribution < 1.29 is 9.53 Å². The van der Waals surface area contributed by atoms with Crippen molar-refractivity contribution in [2.45, 2.75) is 19.3 Å². The third-order valence-electron chi connectivity index (χ3n) is 2.55. The Labute approximate surface area is 109 Å². The Morgan fingerprint density at radius 3 is 2.67 bits per heavy atom. The Balaban J connectivity index is 1.99. The standard InChI is InChI=1S/C14H22N2O2/c1-18-12-6-5-9-14(17)16-11-10-15-13-7-3-2-4-8-13/h2-4,7-8,15H,5-6,9-12H2,1H3,(H,16,17). The van der Waals surface area contributed by atoms with Gasteiger partial charge in [0.2, 0.25) is 5.91 Å². The van der Waals surface area contributed by atoms with E-state index in [1.165, 1.54) is 0 Å². The van der Waals surface area contributed by atoms with Crippen LogP contribution in [0.25, 0.3) is 0 Å². The van der Waals surface area contributed by atoms with Gasteiger partial charge in [0.1, 0.15) is 0 Å². The third kappa shape index (κ3) is 6.91. The zero-order valence-electron chi connectivity index (χ0n) is 10.9. The number of benzene rings is 1. The Morgan fingerprint density at radius 2 is 1.94 bits per heavy atom. The first-order chi connectivity index (χ1) is 8.83. The lowest BCUT2D eigenvalue weighted by molar-refractivity contribution is -0.121. The van der Waals surface area contributed by atoms with Crippen molar-refractivity contribution in [3.63, 3.8) is 0 Å². The van der Waals surface area contributed by atoms with Gasteiger partial charge in [0.25, 0.3) is 0 Å². The highest BCUT2D eigenvalue weighted by Crippen LogP contribution is 2.03. The predicted octanol–water partition coefficient (Wildman–Crippen LogP) is 2.03. The first kappa shape index (κ1) is 14.5. The van der Waals surface area contributed by atoms with Gasteiger partial charge in [-0.1, -0.05) is 18.2 Å². The molecule has 1 aromatic carbocycles. The van der Waals surface area contributed by atoms with Crippen LogP contribution in [0.2, 0.25) is 0 Å². The lowest BCUT2D eigenvalue weighted by Gasteiger charge is -2.07. The monoisotopic (exact) mass is 250 g/mol. The van der Waals surface area contributed by atoms with Gasteiger partial charge in [-0.3, -0.25) is 4.79 Å². The molecule has 1 aromatic rings. The fourth-order valence-electron chi connectivity index (χ4n) is 1.59. The first-order valence-corrected chi connectivity index (χ1v) is 6.37. The summed E-state index contributed by atoms with van der Waals surface area (Å²) < 4.78 is 4.93. The molecule has 0 heterocycles. The van der Waals surface area contributed by atoms with E-state index < -0.39 is 0 Å². The highest BCUT2D eigenvalue weighted by atomic mass is 16.5. The molecule has 0 aromatic heterocycles. The van der Waals surface area contributed by atoms with Crippen molar-refractivity contribution >= 4 is 11.6 Å². The van der Waals surface area contributed by atoms with Gasteiger partial charge in [0.05, 0.1) is 0 Å². The molecule has 100 valence electrons. The first-order valence-electron chi connectivity index (χ1n) is 6.37. The third-order valence-corrected chi connectivity index (χ3v) is 2.55. The fourth-order valence-corrected chi connectivity index (χ4v) is 1.59. The normalized spacial score (nSPS) is 10.1. The topological polar surface area (TPSA) is 50.4 Å². The molecule has 2 N–H and O–H groups in total. The Bertz CT molecular complexity index is 328. The Kier molecular flexibility index (Phi) is 7.64. The molecule has 0 saturated carbocycles. The second-order valence-electron chi connectivity index (χ2n) is 4.09. The quantitative estimate of drug-likeness (QED) is 0.659. The number of amides is 1. The van der Waals surface area contributed by atoms with Crippen LogP contribution in [-0.2, 0) is 9.53 Å². The molecule has 0 saturated heterocycles. The summed E-state index contributed by atoms with van der Waals surface area (Å²) in [7, 11) is 1.68. The van der Waals surface area contributed by atoms with E-state index in [9.17, 15) is 4.79 Å². The van der Waals surface area contributed by atoms with Crippen LogP contribution in [0.4, 0.5) is 5.69 Å². The van der Waals surface area contributed by atoms with Crippen LogP contribution in [0.1, 0.15) is 19.3 Å². The van der Waals surface area contributed by atoms with Gasteiger partial charge in [-0.15, -0.1) is 0 Å². The fraction of sp³-hybridized carbons (Fsp3) is 0.500. The van der Waals surface area contributed by atoms with E-state index in [4.69, 9.17) is 4.74 Å². The number of hydrogen-bond donors (Lipinski definition) is 2. The second-order valence-corrected chi connectivity index (χ2v) is 4.09. The average molecular weight is 250 g/mol. The average Bonchev–Trinajstić information content (AvgIpc) is 2.41. The van der Waals surface area contributed by atoms with Gasteiger partial charge in [-0.2, -0.15) is 0 Å². The van der Waals surface area contributed by atoms with Crippen LogP contribution in [0.5, 0.6) is 0 Å². The van der Waals surface area contributed by atoms with Gasteiger partial charge < -0.3 is 15.4 Å². The van der Waals surface area contributed by atoms with Gasteiger partial charge in [0.15, 0.2) is 0 Å². The van der Waals surface area contributed by atoms with Crippen molar-refractivity contribution in [1.29, 1.82) is 0 Å². The number of carbonyl (C=O) groups is 1. The van der Waals surface area contributed by atoms with Crippen molar-refractivity contribution in [2.75, 3.05) is 32.1 Å². The summed E-state index contributed by atoms with van der Waals surface area (Å²) in [5.74, 6) is 0.112. The van der Waals surface area contributed by atoms with Crippen LogP contribution in [-0.4, -0.2) is 32.7 Å². The SMILES string of the molecule is COCCCCC(=O)NCCNc1ccccc1. The minimum absolute atomic E-state index is 0.112. The van der Waals surface area contributed by atoms with Crippen LogP contribution in [0.3, 0.4) is 0 Å². The molecule has 0 fully saturated rings. The summed E-state index contributed by atoms with van der Waals surface area (Å²) in [5.41, 5.74) is 1.08. The number of rotatable bonds is 9. The lowest BCUT2D eigenvalue weighted by Crippen LogP contribution is -2.28. The van der Waals surface area contributed by atoms with E-state index in [1.807, 2.05) is 30.3 Å². The zero-order chi connectivity index (χ0) is 13.1. The summed E-state index contributed by atoms with van der Waals surface area (Å²) in [4.78, 5) is 11.4. The molecule has 0 spiro atoms. The molecule has 0 aliphatic rings. The molecule has 18 heavy (non-hydrogen) atoms. The molecule has 4 heteroatoms. The van der Waals surface area contributed by atoms with E-state index >= 15 is 0 Å². The maximum absolute atomic E-state index is 11.4. The molecule has 1 rings (SSSR count). The van der Waals surface area contributed by atoms with Crippen molar-refractivity contribution in [2.24, 2.45) is 0 Å². The van der Waals surface area contributed by atoms with E-state index in [-0.39, 0.29) is 5.91 Å². The van der Waals surface area contributed by atoms with Crippen LogP contribution < -0.4 is 10.6 Å². The molecule has 0 aliphatic heterocycles. The summed E-state index contributed by atoms with van der Waals surface area (Å²) >= 11 is 0. The second kappa shape index (κ2) is 9.48. The zero-order valence-corrected chi connectivity index (χ0v) is 10.9. The molecule has 0 unspecified atom stereocenters. The van der Waals surface area contributed by atoms with E-state index in [0.717, 1.165) is 31.7 Å². The maximum atomic E-state index is 11.4. The Morgan fingerprint density at radius 1 is 1.17 bits per heavy atom. The van der Waals surface area contributed by atoms with Crippen LogP contribution >= 0.6 is 0 Å². The predicted molar refractivity (Wildman–Crippen MR) is 73.7 cm³/mol. The van der Waals surface area contributed by atoms with Crippen LogP contribution in [0.15, 0.2) is 30.3 Å². The smallest absolute Gasteiger partial charge is 0.220 e. The van der Waals surface area contributed by atoms with Crippen LogP contribution in [0, 0.1) is 0 Å². The molecule has 4 nitrogen and oxygen atoms in total. The van der Waals surface area contributed by atoms with E-state index in [0.29, 0.717) is 13.0 Å². The van der Waals surface area contributed by atoms with Crippen molar-refractivity contribution in [3.8, 4) is 0 Å². The summed E-state index contributed by atoms with van der Waals surface area (Å²) in [6.45, 7) is 2.12. The molecular weight excluding hydrogens is 228 g/mol. The minimum Gasteiger partial charge on any atom is -0.385 e.